The normalized spacial score (nSPS) is 23.0. The van der Waals surface area contributed by atoms with E-state index in [9.17, 15) is 32.8 Å². The highest BCUT2D eigenvalue weighted by Gasteiger charge is 2.56. The first kappa shape index (κ1) is 25.9. The van der Waals surface area contributed by atoms with Crippen LogP contribution in [0.25, 0.3) is 0 Å². The Hall–Kier alpha value is -3.78. The van der Waals surface area contributed by atoms with Crippen LogP contribution in [0.15, 0.2) is 42.5 Å². The Morgan fingerprint density at radius 3 is 2.71 bits per heavy atom. The monoisotopic (exact) mass is 546 g/mol. The summed E-state index contributed by atoms with van der Waals surface area (Å²) in [6, 6.07) is 9.65. The maximum Gasteiger partial charge on any atom is 0.573 e. The van der Waals surface area contributed by atoms with E-state index in [0.717, 1.165) is 25.0 Å². The summed E-state index contributed by atoms with van der Waals surface area (Å²) in [7, 11) is 0. The highest BCUT2D eigenvalue weighted by Crippen LogP contribution is 2.47. The third-order valence-electron chi connectivity index (χ3n) is 7.17. The molecule has 5 rings (SSSR count). The molecule has 2 heterocycles. The fraction of sp³-hybridized carbons (Fsp3) is 0.385. The lowest BCUT2D eigenvalue weighted by Crippen LogP contribution is -2.51. The predicted octanol–water partition coefficient (Wildman–Crippen LogP) is 4.15. The molecule has 38 heavy (non-hydrogen) atoms. The van der Waals surface area contributed by atoms with Gasteiger partial charge in [-0.1, -0.05) is 30.5 Å². The highest BCUT2D eigenvalue weighted by molar-refractivity contribution is 6.31. The molecule has 2 aromatic carbocycles. The zero-order valence-electron chi connectivity index (χ0n) is 19.8. The van der Waals surface area contributed by atoms with E-state index in [1.807, 2.05) is 0 Å². The lowest BCUT2D eigenvalue weighted by Gasteiger charge is -2.27. The Morgan fingerprint density at radius 2 is 2.03 bits per heavy atom. The van der Waals surface area contributed by atoms with Crippen LogP contribution in [0.5, 0.6) is 5.75 Å². The number of ether oxygens (including phenoxy) is 1. The van der Waals surface area contributed by atoms with Crippen LogP contribution >= 0.6 is 11.6 Å². The Morgan fingerprint density at radius 1 is 1.26 bits per heavy atom. The molecule has 8 nitrogen and oxygen atoms in total. The average Bonchev–Trinajstić information content (AvgIpc) is 3.53. The van der Waals surface area contributed by atoms with E-state index in [-0.39, 0.29) is 30.4 Å². The van der Waals surface area contributed by atoms with Crippen LogP contribution < -0.4 is 15.4 Å². The fourth-order valence-corrected chi connectivity index (χ4v) is 5.35. The molecular weight excluding hydrogens is 525 g/mol. The van der Waals surface area contributed by atoms with Crippen LogP contribution in [0.2, 0.25) is 5.02 Å². The van der Waals surface area contributed by atoms with Crippen LogP contribution in [-0.4, -0.2) is 47.6 Å². The predicted molar refractivity (Wildman–Crippen MR) is 129 cm³/mol. The van der Waals surface area contributed by atoms with Crippen molar-refractivity contribution in [3.63, 3.8) is 0 Å². The van der Waals surface area contributed by atoms with E-state index < -0.39 is 41.4 Å². The van der Waals surface area contributed by atoms with Crippen molar-refractivity contribution in [2.75, 3.05) is 11.9 Å². The number of hydrogen-bond acceptors (Lipinski definition) is 5. The largest absolute Gasteiger partial charge is 0.573 e. The summed E-state index contributed by atoms with van der Waals surface area (Å²) < 4.78 is 41.7. The number of benzene rings is 2. The van der Waals surface area contributed by atoms with Gasteiger partial charge in [-0.2, -0.15) is 5.26 Å². The van der Waals surface area contributed by atoms with Crippen LogP contribution in [0.1, 0.15) is 41.6 Å². The number of rotatable bonds is 6. The number of anilines is 1. The minimum atomic E-state index is -4.92. The number of halogens is 4. The number of carbonyl (C=O) groups is 3. The van der Waals surface area contributed by atoms with Gasteiger partial charge >= 0.3 is 6.36 Å². The molecule has 3 atom stereocenters. The molecule has 0 aromatic heterocycles. The molecule has 0 radical (unpaired) electrons. The lowest BCUT2D eigenvalue weighted by atomic mass is 9.80. The SMILES string of the molecule is N#C[C@@H]1C[C@@]2(CN1C(=O)[C@H](CC1CC1)NC(=O)c1cccc(OC(F)(F)F)c1)C(=O)Nc1ccc(Cl)cc12. The second kappa shape index (κ2) is 9.51. The molecule has 2 aliphatic heterocycles. The van der Waals surface area contributed by atoms with Crippen molar-refractivity contribution >= 4 is 35.0 Å². The molecule has 12 heteroatoms. The minimum Gasteiger partial charge on any atom is -0.406 e. The van der Waals surface area contributed by atoms with Gasteiger partial charge in [0.15, 0.2) is 0 Å². The zero-order chi connectivity index (χ0) is 27.2. The van der Waals surface area contributed by atoms with Gasteiger partial charge in [0.1, 0.15) is 17.8 Å². The molecule has 1 saturated carbocycles. The zero-order valence-corrected chi connectivity index (χ0v) is 20.6. The Labute approximate surface area is 220 Å². The molecule has 3 aliphatic rings. The molecule has 2 aromatic rings. The summed E-state index contributed by atoms with van der Waals surface area (Å²) >= 11 is 6.18. The smallest absolute Gasteiger partial charge is 0.406 e. The van der Waals surface area contributed by atoms with E-state index in [4.69, 9.17) is 11.6 Å². The lowest BCUT2D eigenvalue weighted by molar-refractivity contribution is -0.274. The van der Waals surface area contributed by atoms with Gasteiger partial charge in [0.05, 0.1) is 11.5 Å². The molecule has 1 aliphatic carbocycles. The molecule has 2 fully saturated rings. The first-order valence-corrected chi connectivity index (χ1v) is 12.3. The third-order valence-corrected chi connectivity index (χ3v) is 7.40. The first-order chi connectivity index (χ1) is 18.0. The van der Waals surface area contributed by atoms with Gasteiger partial charge in [0.25, 0.3) is 5.91 Å². The maximum absolute atomic E-state index is 13.8. The van der Waals surface area contributed by atoms with Gasteiger partial charge in [-0.25, -0.2) is 0 Å². The van der Waals surface area contributed by atoms with Crippen LogP contribution in [0, 0.1) is 17.2 Å². The van der Waals surface area contributed by atoms with Gasteiger partial charge in [0, 0.05) is 29.2 Å². The minimum absolute atomic E-state index is 0.0648. The van der Waals surface area contributed by atoms with Crippen molar-refractivity contribution in [3.8, 4) is 11.8 Å². The molecule has 0 bridgehead atoms. The van der Waals surface area contributed by atoms with E-state index in [0.29, 0.717) is 22.7 Å². The topological polar surface area (TPSA) is 112 Å². The first-order valence-electron chi connectivity index (χ1n) is 12.0. The van der Waals surface area contributed by atoms with Crippen molar-refractivity contribution in [2.45, 2.75) is 49.5 Å². The Bertz CT molecular complexity index is 1360. The van der Waals surface area contributed by atoms with Gasteiger partial charge in [0.2, 0.25) is 11.8 Å². The highest BCUT2D eigenvalue weighted by atomic mass is 35.5. The maximum atomic E-state index is 13.8. The van der Waals surface area contributed by atoms with Crippen LogP contribution in [0.4, 0.5) is 18.9 Å². The van der Waals surface area contributed by atoms with E-state index in [1.165, 1.54) is 17.0 Å². The molecule has 2 N–H and O–H groups in total. The number of fused-ring (bicyclic) bond motifs is 2. The number of nitrogens with one attached hydrogen (secondary N) is 2. The van der Waals surface area contributed by atoms with E-state index >= 15 is 0 Å². The molecule has 198 valence electrons. The van der Waals surface area contributed by atoms with Gasteiger partial charge < -0.3 is 20.3 Å². The number of nitriles is 1. The molecule has 1 saturated heterocycles. The number of alkyl halides is 3. The number of carbonyl (C=O) groups excluding carboxylic acids is 3. The Kier molecular flexibility index (Phi) is 6.47. The van der Waals surface area contributed by atoms with Gasteiger partial charge in [-0.05, 0) is 54.3 Å². The van der Waals surface area contributed by atoms with Crippen molar-refractivity contribution < 1.29 is 32.3 Å². The van der Waals surface area contributed by atoms with Crippen molar-refractivity contribution in [3.05, 3.63) is 58.6 Å². The summed E-state index contributed by atoms with van der Waals surface area (Å²) in [5, 5.41) is 15.7. The summed E-state index contributed by atoms with van der Waals surface area (Å²) in [6.07, 6.45) is -2.81. The van der Waals surface area contributed by atoms with Crippen LogP contribution in [-0.2, 0) is 15.0 Å². The molecule has 0 unspecified atom stereocenters. The number of nitrogens with zero attached hydrogens (tertiary/aromatic N) is 2. The van der Waals surface area contributed by atoms with Gasteiger partial charge in [-0.3, -0.25) is 14.4 Å². The van der Waals surface area contributed by atoms with E-state index in [1.54, 1.807) is 18.2 Å². The summed E-state index contributed by atoms with van der Waals surface area (Å²) in [4.78, 5) is 41.1. The number of likely N-dealkylation sites (tertiary alicyclic amines) is 1. The average molecular weight is 547 g/mol. The standard InChI is InChI=1S/C26H22ClF3N4O4/c27-16-6-7-20-19(10-16)25(24(37)33-20)11-17(12-31)34(13-25)23(36)21(8-14-4-5-14)32-22(35)15-2-1-3-18(9-15)38-26(28,29)30/h1-3,6-7,9-10,14,17,21H,4-5,8,11,13H2,(H,32,35)(H,33,37)/t17-,21-,25-/m0/s1. The quantitative estimate of drug-likeness (QED) is 0.565. The van der Waals surface area contributed by atoms with Gasteiger partial charge in [-0.15, -0.1) is 13.2 Å². The number of hydrogen-bond donors (Lipinski definition) is 2. The summed E-state index contributed by atoms with van der Waals surface area (Å²) in [5.41, 5.74) is -0.106. The second-order valence-corrected chi connectivity index (χ2v) is 10.3. The summed E-state index contributed by atoms with van der Waals surface area (Å²) in [5.74, 6) is -2.00. The van der Waals surface area contributed by atoms with Crippen molar-refractivity contribution in [2.24, 2.45) is 5.92 Å². The van der Waals surface area contributed by atoms with Crippen molar-refractivity contribution in [1.82, 2.24) is 10.2 Å². The number of amides is 3. The van der Waals surface area contributed by atoms with E-state index in [2.05, 4.69) is 21.4 Å². The Balaban J connectivity index is 1.39. The molecule has 1 spiro atoms. The third kappa shape index (κ3) is 5.00. The van der Waals surface area contributed by atoms with Crippen molar-refractivity contribution in [1.29, 1.82) is 5.26 Å². The summed E-state index contributed by atoms with van der Waals surface area (Å²) in [6.45, 7) is -0.0742. The fourth-order valence-electron chi connectivity index (χ4n) is 5.18. The molecular formula is C26H22ClF3N4O4. The molecule has 3 amide bonds. The van der Waals surface area contributed by atoms with Crippen LogP contribution in [0.3, 0.4) is 0 Å². The second-order valence-electron chi connectivity index (χ2n) is 9.82.